The Kier molecular flexibility index (Phi) is 4.60. The number of aryl methyl sites for hydroxylation is 2. The molecule has 7 heteroatoms. The zero-order valence-corrected chi connectivity index (χ0v) is 16.3. The molecule has 144 valence electrons. The van der Waals surface area contributed by atoms with Gasteiger partial charge in [0.25, 0.3) is 10.0 Å². The van der Waals surface area contributed by atoms with Crippen LogP contribution in [0.25, 0.3) is 0 Å². The molecule has 0 saturated carbocycles. The summed E-state index contributed by atoms with van der Waals surface area (Å²) in [6.45, 7) is 4.19. The van der Waals surface area contributed by atoms with E-state index in [2.05, 4.69) is 28.2 Å². The lowest BCUT2D eigenvalue weighted by Crippen LogP contribution is -2.12. The second kappa shape index (κ2) is 7.09. The molecule has 2 N–H and O–H groups in total. The number of anilines is 3. The van der Waals surface area contributed by atoms with Crippen LogP contribution in [0.15, 0.2) is 65.6 Å². The third kappa shape index (κ3) is 3.89. The minimum absolute atomic E-state index is 0.0984. The maximum atomic E-state index is 12.6. The van der Waals surface area contributed by atoms with Crippen LogP contribution in [0.1, 0.15) is 11.1 Å². The van der Waals surface area contributed by atoms with Crippen LogP contribution >= 0.6 is 0 Å². The van der Waals surface area contributed by atoms with Crippen molar-refractivity contribution >= 4 is 27.1 Å². The van der Waals surface area contributed by atoms with Crippen molar-refractivity contribution < 1.29 is 17.9 Å². The van der Waals surface area contributed by atoms with Crippen LogP contribution in [-0.4, -0.2) is 15.2 Å². The minimum atomic E-state index is -3.72. The number of nitrogens with one attached hydrogen (secondary N) is 2. The van der Waals surface area contributed by atoms with Gasteiger partial charge in [-0.25, -0.2) is 8.42 Å². The normalized spacial score (nSPS) is 12.6. The van der Waals surface area contributed by atoms with Gasteiger partial charge in [0, 0.05) is 23.1 Å². The fraction of sp³-hybridized carbons (Fsp3) is 0.143. The van der Waals surface area contributed by atoms with Gasteiger partial charge in [-0.15, -0.1) is 0 Å². The third-order valence-electron chi connectivity index (χ3n) is 4.30. The molecular weight excluding hydrogens is 376 g/mol. The fourth-order valence-corrected chi connectivity index (χ4v) is 4.17. The lowest BCUT2D eigenvalue weighted by atomic mass is 10.1. The van der Waals surface area contributed by atoms with E-state index < -0.39 is 10.0 Å². The molecule has 0 spiro atoms. The van der Waals surface area contributed by atoms with Crippen LogP contribution in [0.2, 0.25) is 0 Å². The molecule has 0 unspecified atom stereocenters. The van der Waals surface area contributed by atoms with Gasteiger partial charge >= 0.3 is 0 Å². The topological polar surface area (TPSA) is 76.7 Å². The van der Waals surface area contributed by atoms with Crippen molar-refractivity contribution in [1.82, 2.24) is 0 Å². The molecule has 0 bridgehead atoms. The summed E-state index contributed by atoms with van der Waals surface area (Å²) in [7, 11) is -3.72. The highest BCUT2D eigenvalue weighted by Crippen LogP contribution is 2.34. The van der Waals surface area contributed by atoms with Crippen molar-refractivity contribution in [1.29, 1.82) is 0 Å². The van der Waals surface area contributed by atoms with Gasteiger partial charge in [0.1, 0.15) is 0 Å². The SMILES string of the molecule is Cc1cc(C)cc(Nc2ccc(NS(=O)(=O)c3ccc4c(c3)OCO4)cc2)c1. The number of benzene rings is 3. The van der Waals surface area contributed by atoms with Crippen molar-refractivity contribution in [3.63, 3.8) is 0 Å². The zero-order chi connectivity index (χ0) is 19.7. The van der Waals surface area contributed by atoms with E-state index in [0.29, 0.717) is 17.2 Å². The summed E-state index contributed by atoms with van der Waals surface area (Å²) in [6, 6.07) is 17.9. The summed E-state index contributed by atoms with van der Waals surface area (Å²) in [6.07, 6.45) is 0. The first-order valence-electron chi connectivity index (χ1n) is 8.77. The maximum Gasteiger partial charge on any atom is 0.262 e. The van der Waals surface area contributed by atoms with Gasteiger partial charge in [0.2, 0.25) is 6.79 Å². The zero-order valence-electron chi connectivity index (χ0n) is 15.5. The lowest BCUT2D eigenvalue weighted by Gasteiger charge is -2.11. The Labute approximate surface area is 164 Å². The summed E-state index contributed by atoms with van der Waals surface area (Å²) in [5, 5.41) is 3.33. The van der Waals surface area contributed by atoms with E-state index in [-0.39, 0.29) is 11.7 Å². The first-order chi connectivity index (χ1) is 13.4. The average molecular weight is 396 g/mol. The molecule has 1 aliphatic rings. The van der Waals surface area contributed by atoms with Crippen LogP contribution in [0.4, 0.5) is 17.1 Å². The molecule has 28 heavy (non-hydrogen) atoms. The van der Waals surface area contributed by atoms with Crippen LogP contribution in [0, 0.1) is 13.8 Å². The second-order valence-electron chi connectivity index (χ2n) is 6.70. The molecular formula is C21H20N2O4S. The van der Waals surface area contributed by atoms with E-state index in [0.717, 1.165) is 11.4 Å². The van der Waals surface area contributed by atoms with Gasteiger partial charge in [0.05, 0.1) is 4.90 Å². The predicted molar refractivity (Wildman–Crippen MR) is 109 cm³/mol. The number of ether oxygens (including phenoxy) is 2. The highest BCUT2D eigenvalue weighted by atomic mass is 32.2. The molecule has 0 fully saturated rings. The Balaban J connectivity index is 1.49. The summed E-state index contributed by atoms with van der Waals surface area (Å²) in [4.78, 5) is 0.120. The lowest BCUT2D eigenvalue weighted by molar-refractivity contribution is 0.174. The highest BCUT2D eigenvalue weighted by Gasteiger charge is 2.20. The van der Waals surface area contributed by atoms with Crippen molar-refractivity contribution in [2.24, 2.45) is 0 Å². The molecule has 4 rings (SSSR count). The molecule has 1 aliphatic heterocycles. The molecule has 0 amide bonds. The van der Waals surface area contributed by atoms with E-state index in [1.54, 1.807) is 18.2 Å². The molecule has 0 radical (unpaired) electrons. The molecule has 0 aliphatic carbocycles. The Morgan fingerprint density at radius 2 is 1.39 bits per heavy atom. The molecule has 3 aromatic rings. The van der Waals surface area contributed by atoms with Gasteiger partial charge in [-0.05, 0) is 73.5 Å². The summed E-state index contributed by atoms with van der Waals surface area (Å²) >= 11 is 0. The Hall–Kier alpha value is -3.19. The molecule has 1 heterocycles. The van der Waals surface area contributed by atoms with Crippen molar-refractivity contribution in [3.8, 4) is 11.5 Å². The van der Waals surface area contributed by atoms with Gasteiger partial charge in [-0.3, -0.25) is 4.72 Å². The van der Waals surface area contributed by atoms with E-state index >= 15 is 0 Å². The van der Waals surface area contributed by atoms with E-state index in [4.69, 9.17) is 9.47 Å². The highest BCUT2D eigenvalue weighted by molar-refractivity contribution is 7.92. The molecule has 6 nitrogen and oxygen atoms in total. The summed E-state index contributed by atoms with van der Waals surface area (Å²) < 4.78 is 38.3. The number of fused-ring (bicyclic) bond motifs is 1. The second-order valence-corrected chi connectivity index (χ2v) is 8.38. The van der Waals surface area contributed by atoms with Crippen molar-refractivity contribution in [3.05, 3.63) is 71.8 Å². The van der Waals surface area contributed by atoms with Crippen LogP contribution in [-0.2, 0) is 10.0 Å². The van der Waals surface area contributed by atoms with E-state index in [9.17, 15) is 8.42 Å². The van der Waals surface area contributed by atoms with Crippen molar-refractivity contribution in [2.75, 3.05) is 16.8 Å². The monoisotopic (exact) mass is 396 g/mol. The number of hydrogen-bond donors (Lipinski definition) is 2. The van der Waals surface area contributed by atoms with Crippen molar-refractivity contribution in [2.45, 2.75) is 18.7 Å². The number of rotatable bonds is 5. The molecule has 3 aromatic carbocycles. The van der Waals surface area contributed by atoms with Gasteiger partial charge in [0.15, 0.2) is 11.5 Å². The maximum absolute atomic E-state index is 12.6. The van der Waals surface area contributed by atoms with Gasteiger partial charge in [-0.2, -0.15) is 0 Å². The average Bonchev–Trinajstić information content (AvgIpc) is 3.10. The van der Waals surface area contributed by atoms with E-state index in [1.807, 2.05) is 26.0 Å². The Bertz CT molecular complexity index is 1110. The Morgan fingerprint density at radius 1 is 0.750 bits per heavy atom. The molecule has 0 atom stereocenters. The predicted octanol–water partition coefficient (Wildman–Crippen LogP) is 4.58. The molecule has 0 saturated heterocycles. The summed E-state index contributed by atoms with van der Waals surface area (Å²) in [5.74, 6) is 0.969. The Morgan fingerprint density at radius 3 is 2.11 bits per heavy atom. The molecule has 0 aromatic heterocycles. The first-order valence-corrected chi connectivity index (χ1v) is 10.3. The quantitative estimate of drug-likeness (QED) is 0.660. The number of sulfonamides is 1. The van der Waals surface area contributed by atoms with Gasteiger partial charge < -0.3 is 14.8 Å². The first kappa shape index (κ1) is 18.2. The van der Waals surface area contributed by atoms with Crippen LogP contribution < -0.4 is 19.5 Å². The third-order valence-corrected chi connectivity index (χ3v) is 5.68. The van der Waals surface area contributed by atoms with E-state index in [1.165, 1.54) is 23.3 Å². The minimum Gasteiger partial charge on any atom is -0.454 e. The van der Waals surface area contributed by atoms with Crippen LogP contribution in [0.5, 0.6) is 11.5 Å². The van der Waals surface area contributed by atoms with Crippen LogP contribution in [0.3, 0.4) is 0 Å². The standard InChI is InChI=1S/C21H20N2O4S/c1-14-9-15(2)11-18(10-14)22-16-3-5-17(6-4-16)23-28(24,25)19-7-8-20-21(12-19)27-13-26-20/h3-12,22-23H,13H2,1-2H3. The summed E-state index contributed by atoms with van der Waals surface area (Å²) in [5.41, 5.74) is 4.69. The number of hydrogen-bond acceptors (Lipinski definition) is 5. The fourth-order valence-electron chi connectivity index (χ4n) is 3.09. The largest absolute Gasteiger partial charge is 0.454 e. The smallest absolute Gasteiger partial charge is 0.262 e. The van der Waals surface area contributed by atoms with Gasteiger partial charge in [-0.1, -0.05) is 6.07 Å².